The minimum absolute atomic E-state index is 0.223. The molecule has 2 aliphatic heterocycles. The van der Waals surface area contributed by atoms with Gasteiger partial charge in [0.2, 0.25) is 0 Å². The minimum Gasteiger partial charge on any atom is -0.392 e. The van der Waals surface area contributed by atoms with Gasteiger partial charge in [0.05, 0.1) is 43.9 Å². The number of hydrogen-bond donors (Lipinski definition) is 2. The monoisotopic (exact) mass is 666 g/mol. The van der Waals surface area contributed by atoms with Crippen LogP contribution in [-0.2, 0) is 31.2 Å². The van der Waals surface area contributed by atoms with Crippen molar-refractivity contribution in [2.45, 2.75) is 51.3 Å². The molecular formula is C35H38N8O4S. The van der Waals surface area contributed by atoms with Gasteiger partial charge in [-0.15, -0.1) is 11.3 Å². The van der Waals surface area contributed by atoms with E-state index >= 15 is 0 Å². The fourth-order valence-electron chi connectivity index (χ4n) is 7.24. The molecule has 2 saturated heterocycles. The Morgan fingerprint density at radius 2 is 1.92 bits per heavy atom. The van der Waals surface area contributed by atoms with Gasteiger partial charge < -0.3 is 24.6 Å². The summed E-state index contributed by atoms with van der Waals surface area (Å²) >= 11 is 1.54. The number of pyridine rings is 3. The number of nitrogens with one attached hydrogen (secondary N) is 1. The van der Waals surface area contributed by atoms with Crippen LogP contribution < -0.4 is 21.3 Å². The fourth-order valence-corrected chi connectivity index (χ4v) is 8.53. The zero-order valence-corrected chi connectivity index (χ0v) is 27.9. The Kier molecular flexibility index (Phi) is 8.07. The molecule has 0 unspecified atom stereocenters. The third-order valence-electron chi connectivity index (χ3n) is 9.93. The highest BCUT2D eigenvalue weighted by Gasteiger charge is 2.32. The Hall–Kier alpha value is -4.43. The minimum atomic E-state index is -0.374. The highest BCUT2D eigenvalue weighted by atomic mass is 32.1. The summed E-state index contributed by atoms with van der Waals surface area (Å²) < 4.78 is 8.83. The predicted octanol–water partition coefficient (Wildman–Crippen LogP) is 3.63. The molecular weight excluding hydrogens is 629 g/mol. The maximum absolute atomic E-state index is 13.7. The van der Waals surface area contributed by atoms with Gasteiger partial charge in [-0.3, -0.25) is 14.5 Å². The first-order valence-electron chi connectivity index (χ1n) is 16.5. The second-order valence-electron chi connectivity index (χ2n) is 12.9. The third-order valence-corrected chi connectivity index (χ3v) is 11.2. The summed E-state index contributed by atoms with van der Waals surface area (Å²) in [5.74, 6) is 0.816. The SMILES string of the molecule is C[C@@H]1CN(C2COC2)CCN1c1ccc(Nc2cc(-c3ccnc(-n4ncc5c6c(sc5c4=O)CCCC6)c3CO)cn(C)c2=O)nc1. The first-order valence-corrected chi connectivity index (χ1v) is 17.4. The van der Waals surface area contributed by atoms with E-state index in [1.165, 1.54) is 19.7 Å². The van der Waals surface area contributed by atoms with Gasteiger partial charge in [0.15, 0.2) is 5.82 Å². The summed E-state index contributed by atoms with van der Waals surface area (Å²) in [6, 6.07) is 8.32. The van der Waals surface area contributed by atoms with E-state index in [-0.39, 0.29) is 23.5 Å². The molecule has 0 amide bonds. The van der Waals surface area contributed by atoms with E-state index in [1.54, 1.807) is 49.1 Å². The van der Waals surface area contributed by atoms with Crippen LogP contribution in [0.1, 0.15) is 35.8 Å². The number of nitrogens with zero attached hydrogens (tertiary/aromatic N) is 7. The van der Waals surface area contributed by atoms with E-state index in [4.69, 9.17) is 4.74 Å². The molecule has 5 aromatic heterocycles. The van der Waals surface area contributed by atoms with Gasteiger partial charge in [-0.25, -0.2) is 9.97 Å². The van der Waals surface area contributed by atoms with Crippen molar-refractivity contribution < 1.29 is 9.84 Å². The number of aliphatic hydroxyl groups excluding tert-OH is 1. The van der Waals surface area contributed by atoms with Crippen LogP contribution in [0.4, 0.5) is 17.2 Å². The molecule has 248 valence electrons. The van der Waals surface area contributed by atoms with Gasteiger partial charge in [0.25, 0.3) is 11.1 Å². The normalized spacial score (nSPS) is 18.6. The van der Waals surface area contributed by atoms with Gasteiger partial charge in [-0.1, -0.05) is 0 Å². The van der Waals surface area contributed by atoms with Gasteiger partial charge >= 0.3 is 0 Å². The molecule has 13 heteroatoms. The number of rotatable bonds is 7. The Labute approximate surface area is 281 Å². The van der Waals surface area contributed by atoms with Crippen LogP contribution in [0, 0.1) is 0 Å². The summed E-state index contributed by atoms with van der Waals surface area (Å²) in [7, 11) is 1.68. The van der Waals surface area contributed by atoms with Crippen LogP contribution in [0.2, 0.25) is 0 Å². The van der Waals surface area contributed by atoms with Gasteiger partial charge in [0.1, 0.15) is 16.2 Å². The number of aromatic nitrogens is 5. The molecule has 2 N–H and O–H groups in total. The lowest BCUT2D eigenvalue weighted by atomic mass is 9.97. The summed E-state index contributed by atoms with van der Waals surface area (Å²) in [5.41, 5.74) is 3.91. The van der Waals surface area contributed by atoms with Crippen LogP contribution in [0.3, 0.4) is 0 Å². The van der Waals surface area contributed by atoms with E-state index in [9.17, 15) is 14.7 Å². The highest BCUT2D eigenvalue weighted by Crippen LogP contribution is 2.35. The predicted molar refractivity (Wildman–Crippen MR) is 187 cm³/mol. The van der Waals surface area contributed by atoms with Gasteiger partial charge in [-0.2, -0.15) is 9.78 Å². The number of piperazine rings is 1. The van der Waals surface area contributed by atoms with Crippen molar-refractivity contribution in [3.8, 4) is 16.9 Å². The molecule has 8 rings (SSSR count). The van der Waals surface area contributed by atoms with Crippen molar-refractivity contribution >= 4 is 38.6 Å². The Bertz CT molecular complexity index is 2120. The van der Waals surface area contributed by atoms with Crippen molar-refractivity contribution in [1.82, 2.24) is 29.2 Å². The van der Waals surface area contributed by atoms with E-state index < -0.39 is 0 Å². The smallest absolute Gasteiger partial charge is 0.290 e. The van der Waals surface area contributed by atoms with Crippen LogP contribution in [0.25, 0.3) is 27.0 Å². The Balaban J connectivity index is 1.08. The summed E-state index contributed by atoms with van der Waals surface area (Å²) in [6.45, 7) is 6.40. The average Bonchev–Trinajstić information content (AvgIpc) is 3.46. The van der Waals surface area contributed by atoms with Gasteiger partial charge in [-0.05, 0) is 68.0 Å². The molecule has 1 atom stereocenters. The quantitative estimate of drug-likeness (QED) is 0.266. The van der Waals surface area contributed by atoms with Crippen molar-refractivity contribution in [3.05, 3.63) is 85.8 Å². The zero-order valence-electron chi connectivity index (χ0n) is 27.1. The highest BCUT2D eigenvalue weighted by molar-refractivity contribution is 7.19. The number of hydrogen-bond acceptors (Lipinski definition) is 11. The third kappa shape index (κ3) is 5.40. The molecule has 1 aliphatic carbocycles. The molecule has 0 radical (unpaired) electrons. The van der Waals surface area contributed by atoms with Crippen LogP contribution in [0.5, 0.6) is 0 Å². The topological polar surface area (TPSA) is 131 Å². The summed E-state index contributed by atoms with van der Waals surface area (Å²) in [5, 5.41) is 19.3. The number of fused-ring (bicyclic) bond motifs is 3. The molecule has 0 spiro atoms. The number of aliphatic hydroxyl groups is 1. The molecule has 0 saturated carbocycles. The maximum atomic E-state index is 13.7. The molecule has 2 fully saturated rings. The molecule has 7 heterocycles. The second kappa shape index (κ2) is 12.5. The number of anilines is 3. The molecule has 12 nitrogen and oxygen atoms in total. The van der Waals surface area contributed by atoms with Crippen molar-refractivity contribution in [3.63, 3.8) is 0 Å². The first-order chi connectivity index (χ1) is 23.4. The van der Waals surface area contributed by atoms with Crippen molar-refractivity contribution in [1.29, 1.82) is 0 Å². The van der Waals surface area contributed by atoms with Crippen molar-refractivity contribution in [2.75, 3.05) is 43.1 Å². The summed E-state index contributed by atoms with van der Waals surface area (Å²) in [6.07, 6.45) is 11.1. The largest absolute Gasteiger partial charge is 0.392 e. The average molecular weight is 667 g/mol. The van der Waals surface area contributed by atoms with Crippen molar-refractivity contribution in [2.24, 2.45) is 7.05 Å². The molecule has 0 bridgehead atoms. The van der Waals surface area contributed by atoms with E-state index in [1.807, 2.05) is 18.3 Å². The number of aryl methyl sites for hydroxylation is 3. The Morgan fingerprint density at radius 1 is 1.06 bits per heavy atom. The lowest BCUT2D eigenvalue weighted by Gasteiger charge is -2.46. The van der Waals surface area contributed by atoms with Crippen LogP contribution >= 0.6 is 11.3 Å². The second-order valence-corrected chi connectivity index (χ2v) is 14.1. The molecule has 0 aromatic carbocycles. The molecule has 5 aromatic rings. The number of ether oxygens (including phenoxy) is 1. The first kappa shape index (κ1) is 30.9. The standard InChI is InChI=1S/C35H38N8O4S/c1-21-16-41(24-19-47-20-24)11-12-42(21)23-7-8-31(37-14-23)39-29-13-22(17-40(2)34(29)45)25-9-10-36-33(28(25)18-44)43-35(46)32-27(15-38-43)26-5-3-4-6-30(26)48-32/h7-10,13-15,17,21,24,44H,3-6,11-12,16,18-20H2,1-2H3,(H,37,39)/t21-/m1/s1. The van der Waals surface area contributed by atoms with E-state index in [0.29, 0.717) is 45.0 Å². The fraction of sp³-hybridized carbons (Fsp3) is 0.400. The van der Waals surface area contributed by atoms with Crippen LogP contribution in [-0.4, -0.2) is 79.3 Å². The Morgan fingerprint density at radius 3 is 2.67 bits per heavy atom. The van der Waals surface area contributed by atoms with Crippen LogP contribution in [0.15, 0.2) is 58.6 Å². The number of thiophene rings is 1. The molecule has 3 aliphatic rings. The van der Waals surface area contributed by atoms with E-state index in [0.717, 1.165) is 69.6 Å². The molecule has 48 heavy (non-hydrogen) atoms. The van der Waals surface area contributed by atoms with E-state index in [2.05, 4.69) is 37.1 Å². The zero-order chi connectivity index (χ0) is 32.9. The van der Waals surface area contributed by atoms with Gasteiger partial charge in [0, 0.05) is 66.5 Å². The lowest BCUT2D eigenvalue weighted by molar-refractivity contribution is -0.0691. The summed E-state index contributed by atoms with van der Waals surface area (Å²) in [4.78, 5) is 42.3. The lowest BCUT2D eigenvalue weighted by Crippen LogP contribution is -2.59. The maximum Gasteiger partial charge on any atom is 0.290 e.